The van der Waals surface area contributed by atoms with Gasteiger partial charge in [0.05, 0.1) is 6.10 Å². The number of aliphatic imine (C=N–C) groups is 1. The molecule has 0 bridgehead atoms. The number of nitrogens with zero attached hydrogens (tertiary/aromatic N) is 1. The first-order valence-electron chi connectivity index (χ1n) is 10.1. The topological polar surface area (TPSA) is 64.1 Å². The van der Waals surface area contributed by atoms with Crippen LogP contribution in [0.15, 0.2) is 29.3 Å². The highest BCUT2D eigenvalue weighted by atomic mass is 16.5. The zero-order chi connectivity index (χ0) is 19.3. The highest BCUT2D eigenvalue weighted by molar-refractivity contribution is 5.93. The van der Waals surface area contributed by atoms with Crippen LogP contribution in [0.1, 0.15) is 39.5 Å². The standard InChI is InChI=1S/C21H35N3O3/c1-17(2)27-20-10-8-19(9-11-20)24-21(22-12-4-14-25-3)23-13-5-15-26-16-18-6-7-18/h8-11,17-18H,4-7,12-16H2,1-3H3,(H2,22,23,24). The van der Waals surface area contributed by atoms with Gasteiger partial charge in [0, 0.05) is 45.7 Å². The number of benzene rings is 1. The van der Waals surface area contributed by atoms with Crippen LogP contribution in [0.4, 0.5) is 5.69 Å². The molecule has 0 atom stereocenters. The molecule has 1 fully saturated rings. The lowest BCUT2D eigenvalue weighted by Crippen LogP contribution is -2.32. The summed E-state index contributed by atoms with van der Waals surface area (Å²) in [5.74, 6) is 2.47. The van der Waals surface area contributed by atoms with Crippen LogP contribution in [-0.2, 0) is 9.47 Å². The number of ether oxygens (including phenoxy) is 3. The molecule has 1 aromatic rings. The van der Waals surface area contributed by atoms with Gasteiger partial charge in [0.25, 0.3) is 0 Å². The summed E-state index contributed by atoms with van der Waals surface area (Å²) in [6.45, 7) is 8.02. The Morgan fingerprint density at radius 2 is 1.93 bits per heavy atom. The second-order valence-electron chi connectivity index (χ2n) is 7.19. The first-order valence-corrected chi connectivity index (χ1v) is 10.1. The summed E-state index contributed by atoms with van der Waals surface area (Å²) < 4.78 is 16.5. The van der Waals surface area contributed by atoms with Crippen molar-refractivity contribution in [2.24, 2.45) is 10.9 Å². The first-order chi connectivity index (χ1) is 13.2. The van der Waals surface area contributed by atoms with E-state index in [4.69, 9.17) is 14.2 Å². The largest absolute Gasteiger partial charge is 0.491 e. The zero-order valence-corrected chi connectivity index (χ0v) is 17.0. The van der Waals surface area contributed by atoms with Gasteiger partial charge in [-0.1, -0.05) is 0 Å². The van der Waals surface area contributed by atoms with Crippen molar-refractivity contribution in [1.29, 1.82) is 0 Å². The number of anilines is 1. The van der Waals surface area contributed by atoms with Crippen LogP contribution in [0.2, 0.25) is 0 Å². The molecule has 1 aliphatic carbocycles. The van der Waals surface area contributed by atoms with Gasteiger partial charge in [0.15, 0.2) is 5.96 Å². The second-order valence-corrected chi connectivity index (χ2v) is 7.19. The molecular formula is C21H35N3O3. The number of rotatable bonds is 13. The normalized spacial score (nSPS) is 14.4. The predicted molar refractivity (Wildman–Crippen MR) is 111 cm³/mol. The maximum Gasteiger partial charge on any atom is 0.195 e. The molecule has 1 aliphatic rings. The van der Waals surface area contributed by atoms with Crippen molar-refractivity contribution in [2.75, 3.05) is 45.3 Å². The maximum atomic E-state index is 5.69. The first kappa shape index (κ1) is 21.5. The van der Waals surface area contributed by atoms with Gasteiger partial charge < -0.3 is 24.8 Å². The fraction of sp³-hybridized carbons (Fsp3) is 0.667. The Labute approximate surface area is 163 Å². The van der Waals surface area contributed by atoms with Crippen LogP contribution in [0.25, 0.3) is 0 Å². The molecule has 2 N–H and O–H groups in total. The lowest BCUT2D eigenvalue weighted by molar-refractivity contribution is 0.123. The molecule has 27 heavy (non-hydrogen) atoms. The van der Waals surface area contributed by atoms with Gasteiger partial charge in [-0.25, -0.2) is 0 Å². The monoisotopic (exact) mass is 377 g/mol. The van der Waals surface area contributed by atoms with Crippen molar-refractivity contribution >= 4 is 11.6 Å². The lowest BCUT2D eigenvalue weighted by atomic mass is 10.3. The van der Waals surface area contributed by atoms with Gasteiger partial charge in [-0.3, -0.25) is 4.99 Å². The Morgan fingerprint density at radius 3 is 2.59 bits per heavy atom. The van der Waals surface area contributed by atoms with Gasteiger partial charge in [-0.05, 0) is 69.7 Å². The van der Waals surface area contributed by atoms with E-state index in [0.717, 1.165) is 62.5 Å². The Hall–Kier alpha value is -1.79. The minimum absolute atomic E-state index is 0.172. The molecular weight excluding hydrogens is 342 g/mol. The van der Waals surface area contributed by atoms with E-state index in [9.17, 15) is 0 Å². The summed E-state index contributed by atoms with van der Waals surface area (Å²) in [6, 6.07) is 7.94. The van der Waals surface area contributed by atoms with Crippen LogP contribution in [-0.4, -0.2) is 52.1 Å². The second kappa shape index (κ2) is 12.6. The fourth-order valence-electron chi connectivity index (χ4n) is 2.48. The van der Waals surface area contributed by atoms with Crippen molar-refractivity contribution in [3.63, 3.8) is 0 Å². The Bertz CT molecular complexity index is 542. The highest BCUT2D eigenvalue weighted by Gasteiger charge is 2.20. The number of nitrogens with one attached hydrogen (secondary N) is 2. The van der Waals surface area contributed by atoms with Crippen LogP contribution < -0.4 is 15.4 Å². The van der Waals surface area contributed by atoms with Crippen LogP contribution in [0.5, 0.6) is 5.75 Å². The molecule has 0 saturated heterocycles. The van der Waals surface area contributed by atoms with E-state index in [0.29, 0.717) is 6.61 Å². The summed E-state index contributed by atoms with van der Waals surface area (Å²) >= 11 is 0. The van der Waals surface area contributed by atoms with E-state index < -0.39 is 0 Å². The van der Waals surface area contributed by atoms with E-state index in [-0.39, 0.29) is 6.10 Å². The zero-order valence-electron chi connectivity index (χ0n) is 17.0. The van der Waals surface area contributed by atoms with Crippen LogP contribution in [0.3, 0.4) is 0 Å². The van der Waals surface area contributed by atoms with Gasteiger partial charge in [-0.2, -0.15) is 0 Å². The van der Waals surface area contributed by atoms with Crippen molar-refractivity contribution in [3.05, 3.63) is 24.3 Å². The molecule has 0 aliphatic heterocycles. The third-order valence-corrected chi connectivity index (χ3v) is 4.07. The van der Waals surface area contributed by atoms with Gasteiger partial charge >= 0.3 is 0 Å². The average molecular weight is 378 g/mol. The third-order valence-electron chi connectivity index (χ3n) is 4.07. The molecule has 1 saturated carbocycles. The molecule has 0 heterocycles. The summed E-state index contributed by atoms with van der Waals surface area (Å²) in [6.07, 6.45) is 4.70. The molecule has 0 aromatic heterocycles. The number of guanidine groups is 1. The van der Waals surface area contributed by atoms with Crippen molar-refractivity contribution in [1.82, 2.24) is 5.32 Å². The Morgan fingerprint density at radius 1 is 1.15 bits per heavy atom. The summed E-state index contributed by atoms with van der Waals surface area (Å²) in [7, 11) is 1.71. The van der Waals surface area contributed by atoms with Crippen molar-refractivity contribution in [3.8, 4) is 5.75 Å². The molecule has 0 amide bonds. The summed E-state index contributed by atoms with van der Waals surface area (Å²) in [4.78, 5) is 4.63. The van der Waals surface area contributed by atoms with Gasteiger partial charge in [-0.15, -0.1) is 0 Å². The van der Waals surface area contributed by atoms with Crippen LogP contribution >= 0.6 is 0 Å². The maximum absolute atomic E-state index is 5.69. The predicted octanol–water partition coefficient (Wildman–Crippen LogP) is 3.68. The molecule has 0 unspecified atom stereocenters. The van der Waals surface area contributed by atoms with E-state index in [1.54, 1.807) is 7.11 Å². The van der Waals surface area contributed by atoms with E-state index in [1.165, 1.54) is 12.8 Å². The summed E-state index contributed by atoms with van der Waals surface area (Å²) in [5, 5.41) is 6.74. The van der Waals surface area contributed by atoms with Gasteiger partial charge in [0.2, 0.25) is 0 Å². The molecule has 2 rings (SSSR count). The Balaban J connectivity index is 1.77. The molecule has 0 spiro atoms. The third kappa shape index (κ3) is 10.2. The Kier molecular flexibility index (Phi) is 10.0. The quantitative estimate of drug-likeness (QED) is 0.312. The minimum Gasteiger partial charge on any atom is -0.491 e. The lowest BCUT2D eigenvalue weighted by Gasteiger charge is -2.14. The molecule has 6 heteroatoms. The fourth-order valence-corrected chi connectivity index (χ4v) is 2.48. The van der Waals surface area contributed by atoms with Crippen molar-refractivity contribution in [2.45, 2.75) is 45.6 Å². The SMILES string of the molecule is COCCCN=C(NCCCOCC1CC1)Nc1ccc(OC(C)C)cc1. The van der Waals surface area contributed by atoms with E-state index in [1.807, 2.05) is 38.1 Å². The molecule has 1 aromatic carbocycles. The smallest absolute Gasteiger partial charge is 0.195 e. The molecule has 6 nitrogen and oxygen atoms in total. The minimum atomic E-state index is 0.172. The van der Waals surface area contributed by atoms with Gasteiger partial charge in [0.1, 0.15) is 5.75 Å². The highest BCUT2D eigenvalue weighted by Crippen LogP contribution is 2.28. The number of methoxy groups -OCH3 is 1. The average Bonchev–Trinajstić information content (AvgIpc) is 3.47. The molecule has 0 radical (unpaired) electrons. The molecule has 152 valence electrons. The number of hydrogen-bond acceptors (Lipinski definition) is 4. The summed E-state index contributed by atoms with van der Waals surface area (Å²) in [5.41, 5.74) is 0.981. The van der Waals surface area contributed by atoms with E-state index >= 15 is 0 Å². The van der Waals surface area contributed by atoms with Crippen LogP contribution in [0, 0.1) is 5.92 Å². The number of hydrogen-bond donors (Lipinski definition) is 2. The van der Waals surface area contributed by atoms with Crippen molar-refractivity contribution < 1.29 is 14.2 Å². The van der Waals surface area contributed by atoms with E-state index in [2.05, 4.69) is 15.6 Å².